The zero-order valence-electron chi connectivity index (χ0n) is 12.2. The largest absolute Gasteiger partial charge is 0.467 e. The monoisotopic (exact) mass is 288 g/mol. The standard InChI is InChI=1S/C13H24N2O3S/c1-7(2)6-9(13(17)18-5)15-12(16)10(8(3)4)11(14)19/h7-10H,6H2,1-5H3,(H2,14,19)(H,15,16). The van der Waals surface area contributed by atoms with Gasteiger partial charge in [0.1, 0.15) is 6.04 Å². The van der Waals surface area contributed by atoms with Crippen LogP contribution in [-0.4, -0.2) is 30.0 Å². The number of ether oxygens (including phenoxy) is 1. The van der Waals surface area contributed by atoms with Crippen molar-refractivity contribution < 1.29 is 14.3 Å². The maximum Gasteiger partial charge on any atom is 0.328 e. The van der Waals surface area contributed by atoms with Gasteiger partial charge in [-0.2, -0.15) is 0 Å². The maximum absolute atomic E-state index is 12.2. The number of rotatable bonds is 7. The van der Waals surface area contributed by atoms with E-state index in [4.69, 9.17) is 22.7 Å². The quantitative estimate of drug-likeness (QED) is 0.544. The van der Waals surface area contributed by atoms with Crippen LogP contribution >= 0.6 is 12.2 Å². The molecule has 0 rings (SSSR count). The van der Waals surface area contributed by atoms with Gasteiger partial charge in [0.25, 0.3) is 0 Å². The van der Waals surface area contributed by atoms with Gasteiger partial charge in [0.15, 0.2) is 0 Å². The van der Waals surface area contributed by atoms with Gasteiger partial charge in [-0.15, -0.1) is 0 Å². The van der Waals surface area contributed by atoms with E-state index in [9.17, 15) is 9.59 Å². The fourth-order valence-electron chi connectivity index (χ4n) is 1.85. The molecular formula is C13H24N2O3S. The van der Waals surface area contributed by atoms with E-state index in [0.29, 0.717) is 6.42 Å². The number of methoxy groups -OCH3 is 1. The van der Waals surface area contributed by atoms with Crippen LogP contribution in [0, 0.1) is 17.8 Å². The average Bonchev–Trinajstić information content (AvgIpc) is 2.25. The highest BCUT2D eigenvalue weighted by Gasteiger charge is 2.30. The lowest BCUT2D eigenvalue weighted by molar-refractivity contribution is -0.146. The summed E-state index contributed by atoms with van der Waals surface area (Å²) in [6.07, 6.45) is 0.514. The zero-order valence-corrected chi connectivity index (χ0v) is 13.0. The van der Waals surface area contributed by atoms with Gasteiger partial charge in [0, 0.05) is 0 Å². The van der Waals surface area contributed by atoms with Gasteiger partial charge in [-0.25, -0.2) is 4.79 Å². The van der Waals surface area contributed by atoms with Crippen molar-refractivity contribution in [3.8, 4) is 0 Å². The van der Waals surface area contributed by atoms with Gasteiger partial charge in [-0.1, -0.05) is 39.9 Å². The van der Waals surface area contributed by atoms with Crippen molar-refractivity contribution >= 4 is 29.1 Å². The predicted molar refractivity (Wildman–Crippen MR) is 78.5 cm³/mol. The predicted octanol–water partition coefficient (Wildman–Crippen LogP) is 1.25. The molecule has 3 N–H and O–H groups in total. The van der Waals surface area contributed by atoms with Crippen molar-refractivity contribution in [3.63, 3.8) is 0 Å². The van der Waals surface area contributed by atoms with Crippen molar-refractivity contribution in [2.24, 2.45) is 23.5 Å². The number of amides is 1. The van der Waals surface area contributed by atoms with Crippen LogP contribution < -0.4 is 11.1 Å². The first-order valence-corrected chi connectivity index (χ1v) is 6.79. The van der Waals surface area contributed by atoms with Crippen LogP contribution in [0.5, 0.6) is 0 Å². The SMILES string of the molecule is COC(=O)C(CC(C)C)NC(=O)C(C(N)=S)C(C)C. The third-order valence-electron chi connectivity index (χ3n) is 2.76. The van der Waals surface area contributed by atoms with E-state index < -0.39 is 17.9 Å². The van der Waals surface area contributed by atoms with Crippen LogP contribution in [-0.2, 0) is 14.3 Å². The van der Waals surface area contributed by atoms with E-state index in [1.165, 1.54) is 7.11 Å². The van der Waals surface area contributed by atoms with E-state index in [1.54, 1.807) is 0 Å². The smallest absolute Gasteiger partial charge is 0.328 e. The van der Waals surface area contributed by atoms with Gasteiger partial charge in [-0.05, 0) is 18.3 Å². The molecule has 6 heteroatoms. The molecule has 0 aromatic carbocycles. The Hall–Kier alpha value is -1.17. The second kappa shape index (κ2) is 8.09. The number of esters is 1. The summed E-state index contributed by atoms with van der Waals surface area (Å²) >= 11 is 4.90. The molecule has 0 aromatic rings. The minimum Gasteiger partial charge on any atom is -0.467 e. The third kappa shape index (κ3) is 6.00. The minimum atomic E-state index is -0.659. The molecule has 0 fully saturated rings. The van der Waals surface area contributed by atoms with Crippen molar-refractivity contribution in [2.45, 2.75) is 40.2 Å². The van der Waals surface area contributed by atoms with Crippen LogP contribution in [0.15, 0.2) is 0 Å². The van der Waals surface area contributed by atoms with Crippen LogP contribution in [0.1, 0.15) is 34.1 Å². The topological polar surface area (TPSA) is 81.4 Å². The number of carbonyl (C=O) groups is 2. The highest BCUT2D eigenvalue weighted by molar-refractivity contribution is 7.80. The van der Waals surface area contributed by atoms with Crippen LogP contribution in [0.4, 0.5) is 0 Å². The van der Waals surface area contributed by atoms with E-state index in [2.05, 4.69) is 5.32 Å². The molecule has 2 atom stereocenters. The van der Waals surface area contributed by atoms with Crippen molar-refractivity contribution in [1.29, 1.82) is 0 Å². The Balaban J connectivity index is 4.87. The van der Waals surface area contributed by atoms with Gasteiger partial charge >= 0.3 is 5.97 Å². The average molecular weight is 288 g/mol. The first-order valence-electron chi connectivity index (χ1n) is 6.38. The molecule has 0 heterocycles. The lowest BCUT2D eigenvalue weighted by atomic mass is 9.94. The highest BCUT2D eigenvalue weighted by Crippen LogP contribution is 2.13. The normalized spacial score (nSPS) is 14.1. The molecule has 0 saturated carbocycles. The fraction of sp³-hybridized carbons (Fsp3) is 0.769. The summed E-state index contributed by atoms with van der Waals surface area (Å²) in [6.45, 7) is 7.66. The Labute approximate surface area is 120 Å². The molecule has 0 bridgehead atoms. The molecule has 0 spiro atoms. The van der Waals surface area contributed by atoms with Gasteiger partial charge in [0.05, 0.1) is 18.0 Å². The molecule has 2 unspecified atom stereocenters. The van der Waals surface area contributed by atoms with Gasteiger partial charge in [0.2, 0.25) is 5.91 Å². The number of thiocarbonyl (C=S) groups is 1. The Bertz CT molecular complexity index is 343. The molecule has 0 saturated heterocycles. The first-order chi connectivity index (χ1) is 8.70. The second-order valence-corrected chi connectivity index (χ2v) is 5.81. The lowest BCUT2D eigenvalue weighted by Gasteiger charge is -2.23. The van der Waals surface area contributed by atoms with Crippen molar-refractivity contribution in [1.82, 2.24) is 5.32 Å². The van der Waals surface area contributed by atoms with E-state index >= 15 is 0 Å². The maximum atomic E-state index is 12.2. The molecule has 1 amide bonds. The van der Waals surface area contributed by atoms with Gasteiger partial charge in [-0.3, -0.25) is 4.79 Å². The lowest BCUT2D eigenvalue weighted by Crippen LogP contribution is -2.48. The van der Waals surface area contributed by atoms with E-state index in [-0.39, 0.29) is 22.7 Å². The number of nitrogens with two attached hydrogens (primary N) is 1. The van der Waals surface area contributed by atoms with Crippen molar-refractivity contribution in [2.75, 3.05) is 7.11 Å². The zero-order chi connectivity index (χ0) is 15.2. The Morgan fingerprint density at radius 1 is 1.26 bits per heavy atom. The van der Waals surface area contributed by atoms with Crippen LogP contribution in [0.3, 0.4) is 0 Å². The molecule has 0 aliphatic rings. The van der Waals surface area contributed by atoms with E-state index in [1.807, 2.05) is 27.7 Å². The summed E-state index contributed by atoms with van der Waals surface area (Å²) < 4.78 is 4.70. The molecule has 0 aliphatic heterocycles. The molecule has 0 aromatic heterocycles. The molecule has 19 heavy (non-hydrogen) atoms. The summed E-state index contributed by atoms with van der Waals surface area (Å²) in [5.41, 5.74) is 5.58. The molecule has 5 nitrogen and oxygen atoms in total. The molecule has 0 radical (unpaired) electrons. The van der Waals surface area contributed by atoms with E-state index in [0.717, 1.165) is 0 Å². The minimum absolute atomic E-state index is 0.0187. The number of hydrogen-bond donors (Lipinski definition) is 2. The van der Waals surface area contributed by atoms with Crippen LogP contribution in [0.25, 0.3) is 0 Å². The Kier molecular flexibility index (Phi) is 7.59. The number of carbonyl (C=O) groups excluding carboxylic acids is 2. The Morgan fingerprint density at radius 3 is 2.11 bits per heavy atom. The summed E-state index contributed by atoms with van der Waals surface area (Å²) in [6, 6.07) is -0.659. The summed E-state index contributed by atoms with van der Waals surface area (Å²) in [5.74, 6) is -1.11. The van der Waals surface area contributed by atoms with Crippen molar-refractivity contribution in [3.05, 3.63) is 0 Å². The molecule has 0 aliphatic carbocycles. The van der Waals surface area contributed by atoms with Crippen LogP contribution in [0.2, 0.25) is 0 Å². The summed E-state index contributed by atoms with van der Waals surface area (Å²) in [4.78, 5) is 23.9. The molecule has 110 valence electrons. The second-order valence-electron chi connectivity index (χ2n) is 5.34. The summed E-state index contributed by atoms with van der Waals surface area (Å²) in [7, 11) is 1.30. The number of hydrogen-bond acceptors (Lipinski definition) is 4. The summed E-state index contributed by atoms with van der Waals surface area (Å²) in [5, 5.41) is 2.68. The number of nitrogens with one attached hydrogen (secondary N) is 1. The molecular weight excluding hydrogens is 264 g/mol. The van der Waals surface area contributed by atoms with Gasteiger partial charge < -0.3 is 15.8 Å². The Morgan fingerprint density at radius 2 is 1.79 bits per heavy atom. The highest BCUT2D eigenvalue weighted by atomic mass is 32.1. The first kappa shape index (κ1) is 17.8. The third-order valence-corrected chi connectivity index (χ3v) is 3.02. The fourth-order valence-corrected chi connectivity index (χ4v) is 2.23.